The van der Waals surface area contributed by atoms with E-state index < -0.39 is 0 Å². The Hall–Kier alpha value is -4.79. The Morgan fingerprint density at radius 2 is 1.27 bits per heavy atom. The van der Waals surface area contributed by atoms with Gasteiger partial charge in [-0.3, -0.25) is 24.6 Å². The van der Waals surface area contributed by atoms with E-state index in [2.05, 4.69) is 75.3 Å². The highest BCUT2D eigenvalue weighted by Crippen LogP contribution is 2.41. The van der Waals surface area contributed by atoms with Crippen molar-refractivity contribution in [3.05, 3.63) is 87.8 Å². The van der Waals surface area contributed by atoms with E-state index in [1.54, 1.807) is 38.5 Å². The highest BCUT2D eigenvalue weighted by molar-refractivity contribution is 7.99. The number of carbonyl (C=O) groups is 2. The van der Waals surface area contributed by atoms with Gasteiger partial charge in [-0.1, -0.05) is 37.1 Å². The molecule has 3 aromatic rings. The van der Waals surface area contributed by atoms with Gasteiger partial charge in [-0.2, -0.15) is 25.3 Å². The number of pyridine rings is 1. The molecule has 0 aliphatic carbocycles. The highest BCUT2D eigenvalue weighted by atomic mass is 32.2. The van der Waals surface area contributed by atoms with Gasteiger partial charge in [0.1, 0.15) is 13.2 Å². The quantitative estimate of drug-likeness (QED) is 0.0896. The van der Waals surface area contributed by atoms with Crippen LogP contribution in [0.5, 0.6) is 23.0 Å². The summed E-state index contributed by atoms with van der Waals surface area (Å²) in [7, 11) is 5.26. The first-order valence-corrected chi connectivity index (χ1v) is 21.6. The number of ether oxygens (including phenoxy) is 4. The Labute approximate surface area is 364 Å². The van der Waals surface area contributed by atoms with E-state index in [0.717, 1.165) is 44.3 Å². The maximum absolute atomic E-state index is 13.7. The van der Waals surface area contributed by atoms with Crippen LogP contribution in [-0.4, -0.2) is 108 Å². The van der Waals surface area contributed by atoms with Gasteiger partial charge in [0.2, 0.25) is 0 Å². The minimum atomic E-state index is -0.0846. The molecule has 1 aromatic heterocycles. The van der Waals surface area contributed by atoms with Crippen molar-refractivity contribution < 1.29 is 28.5 Å². The molecule has 12 nitrogen and oxygen atoms in total. The number of hydrogen-bond donors (Lipinski definition) is 2. The summed E-state index contributed by atoms with van der Waals surface area (Å²) in [5.74, 6) is 1.65. The maximum atomic E-state index is 13.7. The molecule has 4 aliphatic rings. The number of methoxy groups -OCH3 is 2. The fraction of sp³-hybridized carbons (Fsp3) is 0.457. The van der Waals surface area contributed by atoms with Crippen LogP contribution in [-0.2, 0) is 19.6 Å². The zero-order chi connectivity index (χ0) is 42.7. The predicted octanol–water partition coefficient (Wildman–Crippen LogP) is 8.09. The topological polar surface area (TPSA) is 118 Å². The lowest BCUT2D eigenvalue weighted by Crippen LogP contribution is -2.36. The molecular formula is C46H56N6O6S2. The summed E-state index contributed by atoms with van der Waals surface area (Å²) in [5.41, 5.74) is 6.92. The molecule has 14 heteroatoms. The van der Waals surface area contributed by atoms with E-state index in [4.69, 9.17) is 33.9 Å². The van der Waals surface area contributed by atoms with Crippen molar-refractivity contribution >= 4 is 60.9 Å². The van der Waals surface area contributed by atoms with Crippen LogP contribution in [0.2, 0.25) is 0 Å². The molecular weight excluding hydrogens is 797 g/mol. The first kappa shape index (κ1) is 43.3. The minimum Gasteiger partial charge on any atom is -0.493 e. The van der Waals surface area contributed by atoms with Crippen LogP contribution in [0.1, 0.15) is 84.6 Å². The monoisotopic (exact) mass is 852 g/mol. The number of aliphatic imine (C=N–C) groups is 2. The number of hydrogen-bond acceptors (Lipinski definition) is 12. The summed E-state index contributed by atoms with van der Waals surface area (Å²) < 4.78 is 24.3. The molecule has 4 aliphatic heterocycles. The number of aromatic nitrogens is 1. The molecule has 60 heavy (non-hydrogen) atoms. The van der Waals surface area contributed by atoms with Gasteiger partial charge < -0.3 is 33.6 Å². The van der Waals surface area contributed by atoms with Crippen molar-refractivity contribution in [2.75, 3.05) is 47.4 Å². The van der Waals surface area contributed by atoms with Crippen molar-refractivity contribution in [1.29, 1.82) is 0 Å². The van der Waals surface area contributed by atoms with E-state index in [-0.39, 0.29) is 47.1 Å². The predicted molar refractivity (Wildman–Crippen MR) is 243 cm³/mol. The smallest absolute Gasteiger partial charge is 0.257 e. The number of nitrogens with zero attached hydrogens (tertiary/aromatic N) is 6. The van der Waals surface area contributed by atoms with E-state index in [1.807, 2.05) is 36.1 Å². The van der Waals surface area contributed by atoms with Gasteiger partial charge in [-0.15, -0.1) is 0 Å². The lowest BCUT2D eigenvalue weighted by molar-refractivity contribution is 0.0769. The Bertz CT molecular complexity index is 2120. The fourth-order valence-corrected chi connectivity index (χ4v) is 8.42. The van der Waals surface area contributed by atoms with Crippen LogP contribution in [0, 0.1) is 5.41 Å². The van der Waals surface area contributed by atoms with Gasteiger partial charge >= 0.3 is 0 Å². The Morgan fingerprint density at radius 3 is 1.70 bits per heavy atom. The second-order valence-electron chi connectivity index (χ2n) is 16.6. The number of rotatable bonds is 15. The molecule has 5 heterocycles. The van der Waals surface area contributed by atoms with Crippen molar-refractivity contribution in [2.45, 2.75) is 83.3 Å². The van der Waals surface area contributed by atoms with Gasteiger partial charge in [0.15, 0.2) is 23.0 Å². The SMILES string of the molecule is C/C=C1\C[C@H]2C=Nc3cc(OCc4cc(CCCN(C)CC(C)(C)C(S)S)cc(COc5cc6c(cc5OC)C(=O)N5C/C(=C/C)C[C@H]5C=N6)n4)c(OC)cc3C(=O)N2C1. The molecule has 2 saturated heterocycles. The lowest BCUT2D eigenvalue weighted by Gasteiger charge is -2.32. The normalized spacial score (nSPS) is 19.8. The summed E-state index contributed by atoms with van der Waals surface area (Å²) in [4.78, 5) is 47.8. The van der Waals surface area contributed by atoms with Gasteiger partial charge in [-0.25, -0.2) is 0 Å². The zero-order valence-electron chi connectivity index (χ0n) is 35.6. The van der Waals surface area contributed by atoms with E-state index >= 15 is 0 Å². The third-order valence-corrected chi connectivity index (χ3v) is 13.1. The summed E-state index contributed by atoms with van der Waals surface area (Å²) in [6.45, 7) is 11.5. The van der Waals surface area contributed by atoms with Crippen LogP contribution < -0.4 is 18.9 Å². The molecule has 2 atom stereocenters. The van der Waals surface area contributed by atoms with Crippen molar-refractivity contribution in [1.82, 2.24) is 19.7 Å². The number of thiol groups is 2. The number of carbonyl (C=O) groups excluding carboxylic acids is 2. The van der Waals surface area contributed by atoms with Crippen LogP contribution >= 0.6 is 25.3 Å². The number of allylic oxidation sites excluding steroid dienone is 2. The molecule has 2 amide bonds. The number of aryl methyl sites for hydroxylation is 1. The maximum Gasteiger partial charge on any atom is 0.257 e. The van der Waals surface area contributed by atoms with Crippen LogP contribution in [0.15, 0.2) is 69.7 Å². The van der Waals surface area contributed by atoms with Crippen LogP contribution in [0.4, 0.5) is 11.4 Å². The van der Waals surface area contributed by atoms with Gasteiger partial charge in [0.05, 0.1) is 64.8 Å². The largest absolute Gasteiger partial charge is 0.493 e. The van der Waals surface area contributed by atoms with E-state index in [1.165, 1.54) is 11.1 Å². The molecule has 0 N–H and O–H groups in total. The zero-order valence-corrected chi connectivity index (χ0v) is 37.4. The van der Waals surface area contributed by atoms with Crippen molar-refractivity contribution in [2.24, 2.45) is 15.4 Å². The molecule has 318 valence electrons. The highest BCUT2D eigenvalue weighted by Gasteiger charge is 2.36. The molecule has 0 saturated carbocycles. The number of benzene rings is 2. The average molecular weight is 853 g/mol. The van der Waals surface area contributed by atoms with Gasteiger partial charge in [-0.05, 0) is 88.4 Å². The molecule has 0 radical (unpaired) electrons. The molecule has 2 aromatic carbocycles. The summed E-state index contributed by atoms with van der Waals surface area (Å²) >= 11 is 9.17. The molecule has 7 rings (SSSR count). The van der Waals surface area contributed by atoms with Gasteiger partial charge in [0.25, 0.3) is 11.8 Å². The van der Waals surface area contributed by atoms with Crippen LogP contribution in [0.25, 0.3) is 0 Å². The Kier molecular flexibility index (Phi) is 13.3. The number of amides is 2. The summed E-state index contributed by atoms with van der Waals surface area (Å²) in [5, 5.41) is 0. The van der Waals surface area contributed by atoms with Crippen molar-refractivity contribution in [3.63, 3.8) is 0 Å². The Morgan fingerprint density at radius 1 is 0.783 bits per heavy atom. The molecule has 2 fully saturated rings. The first-order valence-electron chi connectivity index (χ1n) is 20.5. The van der Waals surface area contributed by atoms with Crippen molar-refractivity contribution in [3.8, 4) is 23.0 Å². The fourth-order valence-electron chi connectivity index (χ4n) is 8.25. The summed E-state index contributed by atoms with van der Waals surface area (Å²) in [6, 6.07) is 10.9. The third kappa shape index (κ3) is 9.40. The first-order chi connectivity index (χ1) is 28.8. The van der Waals surface area contributed by atoms with Gasteiger partial charge in [0, 0.05) is 44.2 Å². The molecule has 0 unspecified atom stereocenters. The minimum absolute atomic E-state index is 0.0334. The second-order valence-corrected chi connectivity index (χ2v) is 18.1. The van der Waals surface area contributed by atoms with Crippen LogP contribution in [0.3, 0.4) is 0 Å². The lowest BCUT2D eigenvalue weighted by atomic mass is 9.95. The van der Waals surface area contributed by atoms with E-state index in [9.17, 15) is 9.59 Å². The standard InChI is InChI=1S/C46H56N6O6S2/c1-8-28-15-33-21-47-37-19-41(39(55-6)17-35(37)43(53)51(33)23-28)57-25-31-13-30(11-10-12-50(5)27-46(3,4)45(59)60)14-32(49-31)26-58-42-20-38-36(18-40(42)56-7)44(54)52-24-29(9-2)16-34(52)22-48-38/h8-9,13-14,17-22,33-34,45,59-60H,10-12,15-16,23-27H2,1-7H3/b28-8+,29-9+/t33-,34-/m0/s1. The Balaban J connectivity index is 1.12. The summed E-state index contributed by atoms with van der Waals surface area (Å²) in [6.07, 6.45) is 11.1. The number of fused-ring (bicyclic) bond motifs is 4. The second kappa shape index (κ2) is 18.4. The molecule has 0 bridgehead atoms. The van der Waals surface area contributed by atoms with E-state index in [0.29, 0.717) is 70.0 Å². The molecule has 0 spiro atoms. The third-order valence-electron chi connectivity index (χ3n) is 11.7. The average Bonchev–Trinajstić information content (AvgIpc) is 3.80.